The molecule has 2 rings (SSSR count). The van der Waals surface area contributed by atoms with Gasteiger partial charge in [0.05, 0.1) is 22.8 Å². The molecule has 1 saturated carbocycles. The molecule has 0 atom stereocenters. The van der Waals surface area contributed by atoms with Crippen LogP contribution in [-0.2, 0) is 20.8 Å². The number of carboxylic acids is 1. The molecule has 7 heteroatoms. The number of aliphatic carboxylic acids is 1. The molecule has 1 N–H and O–H groups in total. The molecule has 1 aliphatic carbocycles. The number of carboxylic acid groups (broad SMARTS) is 1. The lowest BCUT2D eigenvalue weighted by Crippen LogP contribution is -2.08. The Morgan fingerprint density at radius 2 is 2.04 bits per heavy atom. The second-order valence-electron chi connectivity index (χ2n) is 5.31. The van der Waals surface area contributed by atoms with E-state index in [2.05, 4.69) is 10.1 Å². The van der Waals surface area contributed by atoms with Gasteiger partial charge in [-0.05, 0) is 32.6 Å². The van der Waals surface area contributed by atoms with Crippen molar-refractivity contribution in [2.24, 2.45) is 5.16 Å². The third-order valence-electron chi connectivity index (χ3n) is 3.24. The van der Waals surface area contributed by atoms with Gasteiger partial charge in [0.1, 0.15) is 0 Å². The van der Waals surface area contributed by atoms with Gasteiger partial charge in [-0.1, -0.05) is 18.5 Å². The zero-order valence-corrected chi connectivity index (χ0v) is 14.5. The van der Waals surface area contributed by atoms with Gasteiger partial charge >= 0.3 is 5.97 Å². The first kappa shape index (κ1) is 19.3. The van der Waals surface area contributed by atoms with Gasteiger partial charge in [0.2, 0.25) is 0 Å². The summed E-state index contributed by atoms with van der Waals surface area (Å²) in [5.41, 5.74) is 1.77. The second-order valence-corrected chi connectivity index (χ2v) is 6.37. The van der Waals surface area contributed by atoms with E-state index in [-0.39, 0.29) is 18.8 Å². The monoisotopic (exact) mass is 340 g/mol. The summed E-state index contributed by atoms with van der Waals surface area (Å²) in [7, 11) is 0. The summed E-state index contributed by atoms with van der Waals surface area (Å²) in [5, 5.41) is 15.0. The largest absolute Gasteiger partial charge is 0.481 e. The number of aromatic nitrogens is 1. The average molecular weight is 340 g/mol. The van der Waals surface area contributed by atoms with Crippen LogP contribution in [0.15, 0.2) is 10.5 Å². The molecule has 1 heterocycles. The molecule has 0 radical (unpaired) electrons. The number of nitrogens with zero attached hydrogens (tertiary/aromatic N) is 2. The van der Waals surface area contributed by atoms with Gasteiger partial charge in [0, 0.05) is 11.8 Å². The summed E-state index contributed by atoms with van der Waals surface area (Å²) in [6, 6.07) is 0. The minimum atomic E-state index is -0.828. The molecule has 0 saturated heterocycles. The number of ketones is 1. The van der Waals surface area contributed by atoms with Crippen LogP contribution < -0.4 is 0 Å². The van der Waals surface area contributed by atoms with E-state index in [1.807, 2.05) is 13.8 Å². The molecule has 0 amide bonds. The van der Waals surface area contributed by atoms with E-state index in [1.54, 1.807) is 5.38 Å². The lowest BCUT2D eigenvalue weighted by molar-refractivity contribution is -0.136. The van der Waals surface area contributed by atoms with E-state index < -0.39 is 5.97 Å². The molecule has 1 fully saturated rings. The number of rotatable bonds is 6. The maximum atomic E-state index is 10.9. The van der Waals surface area contributed by atoms with Crippen molar-refractivity contribution < 1.29 is 19.5 Å². The van der Waals surface area contributed by atoms with Crippen LogP contribution in [0.2, 0.25) is 0 Å². The minimum absolute atomic E-state index is 0.0321. The normalized spacial score (nSPS) is 13.7. The van der Waals surface area contributed by atoms with E-state index in [4.69, 9.17) is 9.94 Å². The van der Waals surface area contributed by atoms with Gasteiger partial charge in [-0.3, -0.25) is 9.59 Å². The van der Waals surface area contributed by atoms with Gasteiger partial charge in [0.15, 0.2) is 12.4 Å². The second kappa shape index (κ2) is 10.9. The maximum Gasteiger partial charge on any atom is 0.309 e. The molecular formula is C16H24N2O4S. The highest BCUT2D eigenvalue weighted by molar-refractivity contribution is 7.09. The predicted octanol–water partition coefficient (Wildman–Crippen LogP) is 3.38. The van der Waals surface area contributed by atoms with E-state index in [0.717, 1.165) is 23.6 Å². The predicted molar refractivity (Wildman–Crippen MR) is 90.0 cm³/mol. The van der Waals surface area contributed by atoms with Crippen molar-refractivity contribution in [3.63, 3.8) is 0 Å². The number of hydrogen-bond donors (Lipinski definition) is 1. The molecule has 1 aliphatic rings. The molecular weight excluding hydrogens is 316 g/mol. The summed E-state index contributed by atoms with van der Waals surface area (Å²) in [6.07, 6.45) is 6.37. The van der Waals surface area contributed by atoms with Crippen molar-refractivity contribution >= 4 is 28.8 Å². The summed E-state index contributed by atoms with van der Waals surface area (Å²) in [6.45, 7) is 3.83. The minimum Gasteiger partial charge on any atom is -0.481 e. The van der Waals surface area contributed by atoms with Gasteiger partial charge in [-0.2, -0.15) is 0 Å². The lowest BCUT2D eigenvalue weighted by Gasteiger charge is -2.11. The first-order valence-electron chi connectivity index (χ1n) is 7.83. The first-order chi connectivity index (χ1) is 11.0. The van der Waals surface area contributed by atoms with Crippen LogP contribution >= 0.6 is 11.3 Å². The van der Waals surface area contributed by atoms with Crippen LogP contribution in [-0.4, -0.2) is 34.2 Å². The highest BCUT2D eigenvalue weighted by atomic mass is 32.1. The number of Topliss-reactive ketones (excluding diaryl/α,β-unsaturated/α-hetero) is 1. The Bertz CT molecular complexity index is 532. The Kier molecular flexibility index (Phi) is 9.12. The average Bonchev–Trinajstić information content (AvgIpc) is 2.93. The van der Waals surface area contributed by atoms with Crippen molar-refractivity contribution in [3.05, 3.63) is 16.1 Å². The molecule has 0 spiro atoms. The van der Waals surface area contributed by atoms with Crippen molar-refractivity contribution in [2.75, 3.05) is 6.61 Å². The molecule has 0 aromatic carbocycles. The Morgan fingerprint density at radius 3 is 2.57 bits per heavy atom. The number of thiazole rings is 1. The highest BCUT2D eigenvalue weighted by Crippen LogP contribution is 2.14. The Morgan fingerprint density at radius 1 is 1.35 bits per heavy atom. The van der Waals surface area contributed by atoms with Crippen LogP contribution in [0.25, 0.3) is 0 Å². The quantitative estimate of drug-likeness (QED) is 0.802. The van der Waals surface area contributed by atoms with Crippen LogP contribution in [0.1, 0.15) is 56.2 Å². The van der Waals surface area contributed by atoms with E-state index in [0.29, 0.717) is 12.1 Å². The van der Waals surface area contributed by atoms with Gasteiger partial charge in [-0.25, -0.2) is 4.98 Å². The summed E-state index contributed by atoms with van der Waals surface area (Å²) >= 11 is 1.47. The smallest absolute Gasteiger partial charge is 0.309 e. The molecule has 6 nitrogen and oxygen atoms in total. The number of carbonyl (C=O) groups excluding carboxylic acids is 1. The van der Waals surface area contributed by atoms with Crippen LogP contribution in [0.3, 0.4) is 0 Å². The van der Waals surface area contributed by atoms with Crippen LogP contribution in [0.5, 0.6) is 0 Å². The van der Waals surface area contributed by atoms with E-state index in [1.165, 1.54) is 30.6 Å². The van der Waals surface area contributed by atoms with Gasteiger partial charge in [0.25, 0.3) is 0 Å². The Labute approximate surface area is 140 Å². The number of carbonyl (C=O) groups is 2. The number of aryl methyl sites for hydroxylation is 1. The fraction of sp³-hybridized carbons (Fsp3) is 0.625. The van der Waals surface area contributed by atoms with Gasteiger partial charge in [-0.15, -0.1) is 11.3 Å². The number of hydrogen-bond acceptors (Lipinski definition) is 6. The zero-order valence-electron chi connectivity index (χ0n) is 13.7. The lowest BCUT2D eigenvalue weighted by atomic mass is 9.99. The third kappa shape index (κ3) is 9.07. The van der Waals surface area contributed by atoms with Crippen molar-refractivity contribution in [3.8, 4) is 0 Å². The Hall–Kier alpha value is -1.76. The zero-order chi connectivity index (χ0) is 17.1. The fourth-order valence-corrected chi connectivity index (χ4v) is 2.61. The molecule has 1 aromatic heterocycles. The fourth-order valence-electron chi connectivity index (χ4n) is 1.99. The SMILES string of the molecule is CCC(=O)CON=C1CCCCC1.Cc1nc(CC(=O)O)cs1. The van der Waals surface area contributed by atoms with Crippen molar-refractivity contribution in [2.45, 2.75) is 58.8 Å². The molecule has 23 heavy (non-hydrogen) atoms. The van der Waals surface area contributed by atoms with Gasteiger partial charge < -0.3 is 9.94 Å². The molecule has 1 aromatic rings. The standard InChI is InChI=1S/C10H17NO2.C6H7NO2S/c1-2-10(12)8-13-11-9-6-4-3-5-7-9;1-4-7-5(3-10-4)2-6(8)9/h2-8H2,1H3;3H,2H2,1H3,(H,8,9). The topological polar surface area (TPSA) is 88.9 Å². The third-order valence-corrected chi connectivity index (χ3v) is 4.07. The highest BCUT2D eigenvalue weighted by Gasteiger charge is 2.07. The molecule has 128 valence electrons. The van der Waals surface area contributed by atoms with E-state index in [9.17, 15) is 9.59 Å². The van der Waals surface area contributed by atoms with Crippen molar-refractivity contribution in [1.82, 2.24) is 4.98 Å². The van der Waals surface area contributed by atoms with Crippen LogP contribution in [0.4, 0.5) is 0 Å². The molecule has 0 unspecified atom stereocenters. The molecule has 0 bridgehead atoms. The number of oxime groups is 1. The first-order valence-corrected chi connectivity index (χ1v) is 8.71. The maximum absolute atomic E-state index is 10.9. The summed E-state index contributed by atoms with van der Waals surface area (Å²) in [5.74, 6) is -0.717. The van der Waals surface area contributed by atoms with E-state index >= 15 is 0 Å². The summed E-state index contributed by atoms with van der Waals surface area (Å²) in [4.78, 5) is 30.0. The summed E-state index contributed by atoms with van der Waals surface area (Å²) < 4.78 is 0. The van der Waals surface area contributed by atoms with Crippen LogP contribution in [0, 0.1) is 6.92 Å². The van der Waals surface area contributed by atoms with Crippen molar-refractivity contribution in [1.29, 1.82) is 0 Å². The Balaban J connectivity index is 0.000000238. The molecule has 0 aliphatic heterocycles.